The van der Waals surface area contributed by atoms with Crippen LogP contribution in [-0.4, -0.2) is 15.8 Å². The Balaban J connectivity index is 1.97. The van der Waals surface area contributed by atoms with Gasteiger partial charge in [0.25, 0.3) is 0 Å². The van der Waals surface area contributed by atoms with Crippen molar-refractivity contribution in [2.24, 2.45) is 0 Å². The lowest BCUT2D eigenvalue weighted by Crippen LogP contribution is -2.31. The van der Waals surface area contributed by atoms with E-state index in [0.29, 0.717) is 17.5 Å². The highest BCUT2D eigenvalue weighted by Gasteiger charge is 2.27. The predicted octanol–water partition coefficient (Wildman–Crippen LogP) is 5.17. The number of pyridine rings is 1. The third kappa shape index (κ3) is 4.75. The first kappa shape index (κ1) is 21.7. The summed E-state index contributed by atoms with van der Waals surface area (Å²) in [6.07, 6.45) is 2.37. The monoisotopic (exact) mass is 414 g/mol. The van der Waals surface area contributed by atoms with E-state index in [9.17, 15) is 20.2 Å². The normalized spacial score (nSPS) is 10.4. The molecule has 0 aliphatic rings. The van der Waals surface area contributed by atoms with E-state index >= 15 is 0 Å². The zero-order valence-corrected chi connectivity index (χ0v) is 17.4. The number of nitro groups is 1. The van der Waals surface area contributed by atoms with Gasteiger partial charge in [-0.1, -0.05) is 49.4 Å². The SMILES string of the molecule is CCCC(=O)N(Cc1ccc(-c2ccccc2C#N)cc1)c1nccc(C)c1[N+](=O)[O-]. The Bertz CT molecular complexity index is 1150. The van der Waals surface area contributed by atoms with Crippen LogP contribution >= 0.6 is 0 Å². The van der Waals surface area contributed by atoms with Gasteiger partial charge in [-0.2, -0.15) is 5.26 Å². The van der Waals surface area contributed by atoms with Crippen LogP contribution < -0.4 is 4.90 Å². The van der Waals surface area contributed by atoms with Crippen LogP contribution in [0.15, 0.2) is 60.8 Å². The van der Waals surface area contributed by atoms with Gasteiger partial charge in [-0.25, -0.2) is 4.98 Å². The van der Waals surface area contributed by atoms with Gasteiger partial charge in [0.05, 0.1) is 23.1 Å². The second-order valence-electron chi connectivity index (χ2n) is 7.14. The summed E-state index contributed by atoms with van der Waals surface area (Å²) in [5.41, 5.74) is 3.38. The topological polar surface area (TPSA) is 100 Å². The molecule has 0 radical (unpaired) electrons. The van der Waals surface area contributed by atoms with Crippen molar-refractivity contribution in [3.8, 4) is 17.2 Å². The Labute approximate surface area is 180 Å². The molecule has 0 bridgehead atoms. The molecule has 3 rings (SSSR count). The summed E-state index contributed by atoms with van der Waals surface area (Å²) in [5.74, 6) is -0.162. The molecule has 156 valence electrons. The molecule has 0 N–H and O–H groups in total. The number of aryl methyl sites for hydroxylation is 1. The van der Waals surface area contributed by atoms with Crippen LogP contribution in [0.3, 0.4) is 0 Å². The van der Waals surface area contributed by atoms with Crippen LogP contribution in [-0.2, 0) is 11.3 Å². The number of rotatable bonds is 7. The largest absolute Gasteiger partial charge is 0.314 e. The fourth-order valence-corrected chi connectivity index (χ4v) is 3.39. The summed E-state index contributed by atoms with van der Waals surface area (Å²) < 4.78 is 0. The molecule has 0 spiro atoms. The van der Waals surface area contributed by atoms with Gasteiger partial charge in [-0.3, -0.25) is 19.8 Å². The van der Waals surface area contributed by atoms with Crippen molar-refractivity contribution >= 4 is 17.4 Å². The van der Waals surface area contributed by atoms with E-state index in [4.69, 9.17) is 0 Å². The molecule has 1 heterocycles. The molecule has 0 atom stereocenters. The maximum atomic E-state index is 12.8. The summed E-state index contributed by atoms with van der Waals surface area (Å²) in [6.45, 7) is 3.68. The second kappa shape index (κ2) is 9.63. The van der Waals surface area contributed by atoms with Gasteiger partial charge in [0.2, 0.25) is 11.7 Å². The van der Waals surface area contributed by atoms with E-state index in [-0.39, 0.29) is 30.4 Å². The maximum Gasteiger partial charge on any atom is 0.314 e. The Kier molecular flexibility index (Phi) is 6.73. The summed E-state index contributed by atoms with van der Waals surface area (Å²) >= 11 is 0. The molecule has 0 saturated heterocycles. The fourth-order valence-electron chi connectivity index (χ4n) is 3.39. The average Bonchev–Trinajstić information content (AvgIpc) is 2.77. The van der Waals surface area contributed by atoms with Crippen molar-refractivity contribution in [3.63, 3.8) is 0 Å². The zero-order valence-electron chi connectivity index (χ0n) is 17.4. The van der Waals surface area contributed by atoms with E-state index in [1.54, 1.807) is 19.1 Å². The van der Waals surface area contributed by atoms with Gasteiger partial charge in [0, 0.05) is 18.2 Å². The van der Waals surface area contributed by atoms with Crippen molar-refractivity contribution in [1.82, 2.24) is 4.98 Å². The number of benzene rings is 2. The van der Waals surface area contributed by atoms with Gasteiger partial charge >= 0.3 is 5.69 Å². The summed E-state index contributed by atoms with van der Waals surface area (Å²) in [6, 6.07) is 18.6. The van der Waals surface area contributed by atoms with Crippen LogP contribution in [0.2, 0.25) is 0 Å². The van der Waals surface area contributed by atoms with Gasteiger partial charge in [0.15, 0.2) is 0 Å². The lowest BCUT2D eigenvalue weighted by atomic mass is 9.99. The Morgan fingerprint density at radius 3 is 2.52 bits per heavy atom. The minimum absolute atomic E-state index is 0.0577. The maximum absolute atomic E-state index is 12.8. The van der Waals surface area contributed by atoms with Crippen LogP contribution in [0.1, 0.15) is 36.5 Å². The van der Waals surface area contributed by atoms with Gasteiger partial charge in [-0.05, 0) is 42.2 Å². The molecule has 1 aromatic heterocycles. The minimum Gasteiger partial charge on any atom is -0.287 e. The smallest absolute Gasteiger partial charge is 0.287 e. The number of anilines is 1. The molecule has 3 aromatic rings. The molecule has 7 heteroatoms. The van der Waals surface area contributed by atoms with E-state index in [1.165, 1.54) is 11.1 Å². The second-order valence-corrected chi connectivity index (χ2v) is 7.14. The lowest BCUT2D eigenvalue weighted by molar-refractivity contribution is -0.384. The molecule has 2 aromatic carbocycles. The number of nitrogens with zero attached hydrogens (tertiary/aromatic N) is 4. The summed E-state index contributed by atoms with van der Waals surface area (Å²) in [5, 5.41) is 21.0. The highest BCUT2D eigenvalue weighted by atomic mass is 16.6. The van der Waals surface area contributed by atoms with Crippen LogP contribution in [0.25, 0.3) is 11.1 Å². The van der Waals surface area contributed by atoms with Crippen molar-refractivity contribution in [3.05, 3.63) is 87.6 Å². The molecular weight excluding hydrogens is 392 g/mol. The minimum atomic E-state index is -0.494. The first-order valence-electron chi connectivity index (χ1n) is 9.95. The third-order valence-corrected chi connectivity index (χ3v) is 4.96. The standard InChI is InChI=1S/C24H22N4O3/c1-3-6-22(29)27(24-23(28(30)31)17(2)13-14-26-24)16-18-9-11-19(12-10-18)21-8-5-4-7-20(21)15-25/h4-5,7-14H,3,6,16H2,1-2H3. The molecule has 0 aliphatic carbocycles. The third-order valence-electron chi connectivity index (χ3n) is 4.96. The van der Waals surface area contributed by atoms with E-state index < -0.39 is 4.92 Å². The van der Waals surface area contributed by atoms with Crippen molar-refractivity contribution < 1.29 is 9.72 Å². The Hall–Kier alpha value is -4.05. The number of hydrogen-bond donors (Lipinski definition) is 0. The van der Waals surface area contributed by atoms with Gasteiger partial charge in [0.1, 0.15) is 0 Å². The molecule has 0 aliphatic heterocycles. The van der Waals surface area contributed by atoms with E-state index in [0.717, 1.165) is 16.7 Å². The van der Waals surface area contributed by atoms with Crippen molar-refractivity contribution in [2.75, 3.05) is 4.90 Å². The summed E-state index contributed by atoms with van der Waals surface area (Å²) in [7, 11) is 0. The van der Waals surface area contributed by atoms with Crippen LogP contribution in [0, 0.1) is 28.4 Å². The molecule has 0 unspecified atom stereocenters. The molecular formula is C24H22N4O3. The van der Waals surface area contributed by atoms with E-state index in [2.05, 4.69) is 11.1 Å². The predicted molar refractivity (Wildman–Crippen MR) is 118 cm³/mol. The highest BCUT2D eigenvalue weighted by Crippen LogP contribution is 2.31. The number of aromatic nitrogens is 1. The number of carbonyl (C=O) groups is 1. The van der Waals surface area contributed by atoms with Crippen molar-refractivity contribution in [1.29, 1.82) is 5.26 Å². The number of nitriles is 1. The average molecular weight is 414 g/mol. The molecule has 0 fully saturated rings. The fraction of sp³-hybridized carbons (Fsp3) is 0.208. The van der Waals surface area contributed by atoms with Crippen LogP contribution in [0.4, 0.5) is 11.5 Å². The molecule has 7 nitrogen and oxygen atoms in total. The van der Waals surface area contributed by atoms with E-state index in [1.807, 2.05) is 49.4 Å². The molecule has 0 saturated carbocycles. The molecule has 1 amide bonds. The highest BCUT2D eigenvalue weighted by molar-refractivity contribution is 5.94. The quantitative estimate of drug-likeness (QED) is 0.392. The first-order chi connectivity index (χ1) is 15.0. The summed E-state index contributed by atoms with van der Waals surface area (Å²) in [4.78, 5) is 29.5. The number of hydrogen-bond acceptors (Lipinski definition) is 5. The van der Waals surface area contributed by atoms with Gasteiger partial charge in [-0.15, -0.1) is 0 Å². The zero-order chi connectivity index (χ0) is 22.4. The van der Waals surface area contributed by atoms with Crippen LogP contribution in [0.5, 0.6) is 0 Å². The lowest BCUT2D eigenvalue weighted by Gasteiger charge is -2.22. The van der Waals surface area contributed by atoms with Crippen molar-refractivity contribution in [2.45, 2.75) is 33.2 Å². The number of amides is 1. The van der Waals surface area contributed by atoms with Gasteiger partial charge < -0.3 is 0 Å². The Morgan fingerprint density at radius 2 is 1.87 bits per heavy atom. The first-order valence-corrected chi connectivity index (χ1v) is 9.95. The molecule has 31 heavy (non-hydrogen) atoms. The Morgan fingerprint density at radius 1 is 1.16 bits per heavy atom. The number of carbonyl (C=O) groups excluding carboxylic acids is 1.